The van der Waals surface area contributed by atoms with Crippen LogP contribution in [-0.4, -0.2) is 20.2 Å². The van der Waals surface area contributed by atoms with Crippen LogP contribution in [0.25, 0.3) is 11.0 Å². The topological polar surface area (TPSA) is 79.6 Å². The minimum Gasteiger partial charge on any atom is -0.408 e. The third-order valence-electron chi connectivity index (χ3n) is 3.18. The number of benzene rings is 1. The van der Waals surface area contributed by atoms with E-state index in [1.807, 2.05) is 39.8 Å². The molecule has 0 atom stereocenters. The van der Waals surface area contributed by atoms with Crippen LogP contribution in [0.5, 0.6) is 0 Å². The van der Waals surface area contributed by atoms with Crippen molar-refractivity contribution in [3.05, 3.63) is 35.5 Å². The highest BCUT2D eigenvalue weighted by molar-refractivity contribution is 5.75. The van der Waals surface area contributed by atoms with Crippen LogP contribution >= 0.6 is 0 Å². The number of H-pyrrole nitrogens is 1. The Morgan fingerprint density at radius 3 is 2.76 bits per heavy atom. The van der Waals surface area contributed by atoms with Gasteiger partial charge in [0.1, 0.15) is 5.82 Å². The summed E-state index contributed by atoms with van der Waals surface area (Å²) in [5, 5.41) is 11.2. The Labute approximate surface area is 123 Å². The first-order chi connectivity index (χ1) is 9.91. The summed E-state index contributed by atoms with van der Waals surface area (Å²) >= 11 is 0. The van der Waals surface area contributed by atoms with Gasteiger partial charge in [0, 0.05) is 12.0 Å². The number of imidazole rings is 1. The van der Waals surface area contributed by atoms with Gasteiger partial charge in [-0.15, -0.1) is 5.10 Å². The summed E-state index contributed by atoms with van der Waals surface area (Å²) in [6.45, 7) is 8.69. The van der Waals surface area contributed by atoms with E-state index >= 15 is 0 Å². The molecule has 0 saturated carbocycles. The van der Waals surface area contributed by atoms with E-state index < -0.39 is 0 Å². The molecule has 0 saturated heterocycles. The number of aromatic amines is 1. The van der Waals surface area contributed by atoms with Crippen molar-refractivity contribution in [2.24, 2.45) is 0 Å². The molecule has 0 fully saturated rings. The molecule has 0 spiro atoms. The molecule has 21 heavy (non-hydrogen) atoms. The van der Waals surface area contributed by atoms with Crippen LogP contribution in [0.15, 0.2) is 22.6 Å². The lowest BCUT2D eigenvalue weighted by Crippen LogP contribution is -2.11. The molecule has 0 aliphatic carbocycles. The second-order valence-corrected chi connectivity index (χ2v) is 6.19. The van der Waals surface area contributed by atoms with Crippen LogP contribution in [0.2, 0.25) is 0 Å². The first-order valence-electron chi connectivity index (χ1n) is 6.95. The van der Waals surface area contributed by atoms with Gasteiger partial charge in [-0.1, -0.05) is 31.9 Å². The van der Waals surface area contributed by atoms with Gasteiger partial charge < -0.3 is 14.7 Å². The van der Waals surface area contributed by atoms with Gasteiger partial charge in [-0.25, -0.2) is 4.98 Å². The largest absolute Gasteiger partial charge is 0.408 e. The van der Waals surface area contributed by atoms with E-state index in [0.717, 1.165) is 22.4 Å². The van der Waals surface area contributed by atoms with Gasteiger partial charge in [-0.2, -0.15) is 0 Å². The molecule has 2 heterocycles. The van der Waals surface area contributed by atoms with Crippen molar-refractivity contribution in [3.8, 4) is 0 Å². The maximum absolute atomic E-state index is 5.61. The van der Waals surface area contributed by atoms with Crippen LogP contribution in [0, 0.1) is 6.92 Å². The predicted molar refractivity (Wildman–Crippen MR) is 81.2 cm³/mol. The molecule has 0 aliphatic heterocycles. The lowest BCUT2D eigenvalue weighted by Gasteiger charge is -2.11. The second kappa shape index (κ2) is 4.87. The average molecular weight is 285 g/mol. The maximum atomic E-state index is 5.61. The fourth-order valence-electron chi connectivity index (χ4n) is 2.07. The first kappa shape index (κ1) is 13.6. The molecule has 6 heteroatoms. The van der Waals surface area contributed by atoms with Gasteiger partial charge in [0.15, 0.2) is 0 Å². The fraction of sp³-hybridized carbons (Fsp3) is 0.400. The molecule has 0 radical (unpaired) electrons. The van der Waals surface area contributed by atoms with Crippen LogP contribution in [0.4, 0.5) is 6.01 Å². The van der Waals surface area contributed by atoms with E-state index in [0.29, 0.717) is 18.5 Å². The van der Waals surface area contributed by atoms with Crippen molar-refractivity contribution < 1.29 is 4.42 Å². The summed E-state index contributed by atoms with van der Waals surface area (Å²) in [5.41, 5.74) is 3.00. The zero-order valence-electron chi connectivity index (χ0n) is 12.7. The van der Waals surface area contributed by atoms with E-state index in [4.69, 9.17) is 4.42 Å². The van der Waals surface area contributed by atoms with Gasteiger partial charge in [0.2, 0.25) is 5.89 Å². The molecular weight excluding hydrogens is 266 g/mol. The Bertz CT molecular complexity index is 766. The number of rotatable bonds is 3. The van der Waals surface area contributed by atoms with Crippen molar-refractivity contribution in [2.75, 3.05) is 5.32 Å². The first-order valence-corrected chi connectivity index (χ1v) is 6.95. The number of hydrogen-bond donors (Lipinski definition) is 2. The number of anilines is 1. The summed E-state index contributed by atoms with van der Waals surface area (Å²) in [7, 11) is 0. The van der Waals surface area contributed by atoms with Crippen LogP contribution in [0.1, 0.15) is 38.0 Å². The normalized spacial score (nSPS) is 12.0. The highest BCUT2D eigenvalue weighted by atomic mass is 16.4. The second-order valence-electron chi connectivity index (χ2n) is 6.19. The van der Waals surface area contributed by atoms with E-state index in [1.165, 1.54) is 0 Å². The standard InChI is InChI=1S/C15H19N5O/c1-9-17-11-6-5-10(7-12(11)18-9)8-16-14-20-19-13(21-14)15(2,3)4/h5-7H,8H2,1-4H3,(H,16,20)(H,17,18). The molecule has 2 N–H and O–H groups in total. The number of nitrogens with one attached hydrogen (secondary N) is 2. The third kappa shape index (κ3) is 2.89. The number of aromatic nitrogens is 4. The number of aryl methyl sites for hydroxylation is 1. The minimum atomic E-state index is -0.140. The van der Waals surface area contributed by atoms with Crippen molar-refractivity contribution in [2.45, 2.75) is 39.7 Å². The molecule has 3 aromatic rings. The third-order valence-corrected chi connectivity index (χ3v) is 3.18. The molecule has 3 rings (SSSR count). The lowest BCUT2D eigenvalue weighted by molar-refractivity contribution is 0.399. The summed E-state index contributed by atoms with van der Waals surface area (Å²) in [4.78, 5) is 7.62. The molecule has 0 aliphatic rings. The van der Waals surface area contributed by atoms with Gasteiger partial charge >= 0.3 is 6.01 Å². The van der Waals surface area contributed by atoms with E-state index in [1.54, 1.807) is 0 Å². The number of fused-ring (bicyclic) bond motifs is 1. The monoisotopic (exact) mass is 285 g/mol. The SMILES string of the molecule is Cc1nc2ccc(CNc3nnc(C(C)(C)C)o3)cc2[nH]1. The van der Waals surface area contributed by atoms with Gasteiger partial charge in [-0.3, -0.25) is 0 Å². The molecule has 2 aromatic heterocycles. The molecule has 1 aromatic carbocycles. The Morgan fingerprint density at radius 2 is 2.05 bits per heavy atom. The number of hydrogen-bond acceptors (Lipinski definition) is 5. The van der Waals surface area contributed by atoms with E-state index in [2.05, 4.69) is 31.5 Å². The number of nitrogens with zero attached hydrogens (tertiary/aromatic N) is 3. The summed E-state index contributed by atoms with van der Waals surface area (Å²) in [5.74, 6) is 1.55. The Morgan fingerprint density at radius 1 is 1.24 bits per heavy atom. The molecule has 6 nitrogen and oxygen atoms in total. The smallest absolute Gasteiger partial charge is 0.315 e. The highest BCUT2D eigenvalue weighted by Crippen LogP contribution is 2.22. The van der Waals surface area contributed by atoms with E-state index in [9.17, 15) is 0 Å². The van der Waals surface area contributed by atoms with E-state index in [-0.39, 0.29) is 5.41 Å². The van der Waals surface area contributed by atoms with Gasteiger partial charge in [0.25, 0.3) is 0 Å². The summed E-state index contributed by atoms with van der Waals surface area (Å²) < 4.78 is 5.61. The lowest BCUT2D eigenvalue weighted by atomic mass is 9.97. The predicted octanol–water partition coefficient (Wildman–Crippen LogP) is 3.16. The van der Waals surface area contributed by atoms with Gasteiger partial charge in [0.05, 0.1) is 11.0 Å². The average Bonchev–Trinajstić information content (AvgIpc) is 3.00. The molecule has 0 unspecified atom stereocenters. The van der Waals surface area contributed by atoms with Crippen LogP contribution in [-0.2, 0) is 12.0 Å². The van der Waals surface area contributed by atoms with Crippen LogP contribution < -0.4 is 5.32 Å². The summed E-state index contributed by atoms with van der Waals surface area (Å²) in [6.07, 6.45) is 0. The fourth-order valence-corrected chi connectivity index (χ4v) is 2.07. The van der Waals surface area contributed by atoms with Crippen LogP contribution in [0.3, 0.4) is 0 Å². The Kier molecular flexibility index (Phi) is 3.16. The quantitative estimate of drug-likeness (QED) is 0.772. The van der Waals surface area contributed by atoms with Crippen molar-refractivity contribution in [3.63, 3.8) is 0 Å². The Hall–Kier alpha value is -2.37. The molecule has 110 valence electrons. The van der Waals surface area contributed by atoms with Crippen molar-refractivity contribution >= 4 is 17.0 Å². The Balaban J connectivity index is 1.72. The molecular formula is C15H19N5O. The molecule has 0 bridgehead atoms. The zero-order chi connectivity index (χ0) is 15.0. The highest BCUT2D eigenvalue weighted by Gasteiger charge is 2.21. The van der Waals surface area contributed by atoms with Crippen molar-refractivity contribution in [1.82, 2.24) is 20.2 Å². The molecule has 0 amide bonds. The van der Waals surface area contributed by atoms with Gasteiger partial charge in [-0.05, 0) is 24.6 Å². The van der Waals surface area contributed by atoms with Crippen molar-refractivity contribution in [1.29, 1.82) is 0 Å². The summed E-state index contributed by atoms with van der Waals surface area (Å²) in [6, 6.07) is 6.56. The maximum Gasteiger partial charge on any atom is 0.315 e. The minimum absolute atomic E-state index is 0.140. The zero-order valence-corrected chi connectivity index (χ0v) is 12.7.